The summed E-state index contributed by atoms with van der Waals surface area (Å²) in [5.41, 5.74) is 6.11. The number of hydrogen-bond donors (Lipinski definition) is 2. The minimum absolute atomic E-state index is 0.197. The quantitative estimate of drug-likeness (QED) is 0.565. The summed E-state index contributed by atoms with van der Waals surface area (Å²) in [6, 6.07) is 8.75. The van der Waals surface area contributed by atoms with E-state index in [1.54, 1.807) is 19.1 Å². The van der Waals surface area contributed by atoms with Crippen molar-refractivity contribution in [3.05, 3.63) is 58.3 Å². The topological polar surface area (TPSA) is 98.8 Å². The van der Waals surface area contributed by atoms with Gasteiger partial charge in [-0.25, -0.2) is 9.37 Å². The van der Waals surface area contributed by atoms with E-state index in [0.29, 0.717) is 38.4 Å². The zero-order valence-corrected chi connectivity index (χ0v) is 18.1. The normalized spacial score (nSPS) is 10.4. The third-order valence-corrected chi connectivity index (χ3v) is 5.52. The van der Waals surface area contributed by atoms with Gasteiger partial charge < -0.3 is 14.2 Å². The Kier molecular flexibility index (Phi) is 6.71. The van der Waals surface area contributed by atoms with E-state index in [9.17, 15) is 14.0 Å². The average molecular weight is 445 g/mol. The molecule has 0 atom stereocenters. The van der Waals surface area contributed by atoms with Crippen molar-refractivity contribution in [2.45, 2.75) is 6.92 Å². The van der Waals surface area contributed by atoms with Crippen molar-refractivity contribution >= 4 is 23.2 Å². The van der Waals surface area contributed by atoms with E-state index in [1.165, 1.54) is 45.6 Å². The van der Waals surface area contributed by atoms with Crippen LogP contribution in [0.3, 0.4) is 0 Å². The Morgan fingerprint density at radius 1 is 0.935 bits per heavy atom. The number of carbonyl (C=O) groups is 2. The minimum atomic E-state index is -0.575. The molecule has 0 aliphatic rings. The number of halogens is 1. The molecule has 0 fully saturated rings. The van der Waals surface area contributed by atoms with Gasteiger partial charge in [-0.05, 0) is 43.3 Å². The molecule has 0 bridgehead atoms. The van der Waals surface area contributed by atoms with E-state index in [0.717, 1.165) is 11.3 Å². The molecule has 162 valence electrons. The number of rotatable bonds is 6. The van der Waals surface area contributed by atoms with Crippen LogP contribution >= 0.6 is 11.3 Å². The monoisotopic (exact) mass is 445 g/mol. The molecular weight excluding hydrogens is 425 g/mol. The van der Waals surface area contributed by atoms with E-state index < -0.39 is 11.8 Å². The minimum Gasteiger partial charge on any atom is -0.493 e. The van der Waals surface area contributed by atoms with Gasteiger partial charge in [0.15, 0.2) is 11.5 Å². The van der Waals surface area contributed by atoms with Crippen molar-refractivity contribution in [2.24, 2.45) is 0 Å². The lowest BCUT2D eigenvalue weighted by molar-refractivity contribution is 0.0848. The second-order valence-electron chi connectivity index (χ2n) is 6.26. The Morgan fingerprint density at radius 2 is 1.52 bits per heavy atom. The highest BCUT2D eigenvalue weighted by atomic mass is 32.1. The summed E-state index contributed by atoms with van der Waals surface area (Å²) in [5.74, 6) is -0.498. The van der Waals surface area contributed by atoms with Crippen molar-refractivity contribution in [1.82, 2.24) is 15.8 Å². The highest BCUT2D eigenvalue weighted by Crippen LogP contribution is 2.38. The smallest absolute Gasteiger partial charge is 0.281 e. The molecule has 2 N–H and O–H groups in total. The maximum absolute atomic E-state index is 13.1. The summed E-state index contributed by atoms with van der Waals surface area (Å²) in [4.78, 5) is 29.8. The summed E-state index contributed by atoms with van der Waals surface area (Å²) >= 11 is 1.14. The number of amides is 2. The number of thiazole rings is 1. The lowest BCUT2D eigenvalue weighted by Crippen LogP contribution is -2.41. The molecule has 2 aromatic carbocycles. The van der Waals surface area contributed by atoms with E-state index in [2.05, 4.69) is 15.8 Å². The van der Waals surface area contributed by atoms with Gasteiger partial charge in [0.2, 0.25) is 5.75 Å². The number of ether oxygens (including phenoxy) is 3. The van der Waals surface area contributed by atoms with Gasteiger partial charge in [0, 0.05) is 11.1 Å². The van der Waals surface area contributed by atoms with Gasteiger partial charge in [-0.15, -0.1) is 11.3 Å². The van der Waals surface area contributed by atoms with Crippen LogP contribution in [0.25, 0.3) is 10.6 Å². The van der Waals surface area contributed by atoms with Crippen LogP contribution < -0.4 is 25.1 Å². The molecule has 0 radical (unpaired) electrons. The van der Waals surface area contributed by atoms with Crippen molar-refractivity contribution in [3.63, 3.8) is 0 Å². The van der Waals surface area contributed by atoms with Crippen molar-refractivity contribution in [3.8, 4) is 27.8 Å². The van der Waals surface area contributed by atoms with Crippen molar-refractivity contribution < 1.29 is 28.2 Å². The zero-order valence-electron chi connectivity index (χ0n) is 17.2. The Morgan fingerprint density at radius 3 is 2.06 bits per heavy atom. The van der Waals surface area contributed by atoms with Crippen LogP contribution in [0.2, 0.25) is 0 Å². The maximum atomic E-state index is 13.1. The molecule has 1 heterocycles. The number of hydrazine groups is 1. The molecule has 31 heavy (non-hydrogen) atoms. The first-order chi connectivity index (χ1) is 14.9. The SMILES string of the molecule is COc1cc(C(=O)NNC(=O)c2sc(-c3ccc(F)cc3)nc2C)cc(OC)c1OC. The van der Waals surface area contributed by atoms with Crippen LogP contribution in [0, 0.1) is 12.7 Å². The summed E-state index contributed by atoms with van der Waals surface area (Å²) in [7, 11) is 4.33. The van der Waals surface area contributed by atoms with Gasteiger partial charge >= 0.3 is 0 Å². The molecule has 2 amide bonds. The fourth-order valence-corrected chi connectivity index (χ4v) is 3.74. The van der Waals surface area contributed by atoms with Crippen LogP contribution in [-0.2, 0) is 0 Å². The van der Waals surface area contributed by atoms with Gasteiger partial charge in [0.1, 0.15) is 15.7 Å². The first-order valence-corrected chi connectivity index (χ1v) is 9.83. The number of aryl methyl sites for hydroxylation is 1. The molecule has 0 aliphatic carbocycles. The van der Waals surface area contributed by atoms with Gasteiger partial charge in [-0.2, -0.15) is 0 Å². The lowest BCUT2D eigenvalue weighted by Gasteiger charge is -2.14. The third kappa shape index (κ3) is 4.75. The molecule has 0 saturated heterocycles. The molecule has 1 aromatic heterocycles. The number of carbonyl (C=O) groups excluding carboxylic acids is 2. The number of nitrogens with zero attached hydrogens (tertiary/aromatic N) is 1. The molecule has 8 nitrogen and oxygen atoms in total. The number of nitrogens with one attached hydrogen (secondary N) is 2. The molecule has 10 heteroatoms. The predicted octanol–water partition coefficient (Wildman–Crippen LogP) is 3.36. The molecule has 0 spiro atoms. The first kappa shape index (κ1) is 22.0. The zero-order chi connectivity index (χ0) is 22.5. The fraction of sp³-hybridized carbons (Fsp3) is 0.190. The van der Waals surface area contributed by atoms with Crippen LogP contribution in [0.15, 0.2) is 36.4 Å². The maximum Gasteiger partial charge on any atom is 0.281 e. The number of methoxy groups -OCH3 is 3. The van der Waals surface area contributed by atoms with Gasteiger partial charge in [0.05, 0.1) is 27.0 Å². The van der Waals surface area contributed by atoms with Gasteiger partial charge in [-0.1, -0.05) is 0 Å². The average Bonchev–Trinajstić information content (AvgIpc) is 3.18. The highest BCUT2D eigenvalue weighted by Gasteiger charge is 2.20. The first-order valence-electron chi connectivity index (χ1n) is 9.02. The van der Waals surface area contributed by atoms with Crippen LogP contribution in [0.4, 0.5) is 4.39 Å². The molecule has 0 saturated carbocycles. The largest absolute Gasteiger partial charge is 0.493 e. The number of benzene rings is 2. The second-order valence-corrected chi connectivity index (χ2v) is 7.26. The van der Waals surface area contributed by atoms with E-state index in [1.807, 2.05) is 0 Å². The van der Waals surface area contributed by atoms with E-state index >= 15 is 0 Å². The lowest BCUT2D eigenvalue weighted by atomic mass is 10.1. The summed E-state index contributed by atoms with van der Waals surface area (Å²) in [6.45, 7) is 1.68. The standard InChI is InChI=1S/C21H20FN3O5S/c1-11-18(31-21(23-11)12-5-7-14(22)8-6-12)20(27)25-24-19(26)13-9-15(28-2)17(30-4)16(10-13)29-3/h5-10H,1-4H3,(H,24,26)(H,25,27). The van der Waals surface area contributed by atoms with E-state index in [-0.39, 0.29) is 11.4 Å². The molecule has 3 rings (SSSR count). The van der Waals surface area contributed by atoms with Crippen LogP contribution in [0.1, 0.15) is 25.7 Å². The van der Waals surface area contributed by atoms with Crippen molar-refractivity contribution in [2.75, 3.05) is 21.3 Å². The van der Waals surface area contributed by atoms with Gasteiger partial charge in [0.25, 0.3) is 11.8 Å². The van der Waals surface area contributed by atoms with Gasteiger partial charge in [-0.3, -0.25) is 20.4 Å². The molecule has 0 aliphatic heterocycles. The predicted molar refractivity (Wildman–Crippen MR) is 113 cm³/mol. The Bertz CT molecular complexity index is 1090. The Hall–Kier alpha value is -3.66. The fourth-order valence-electron chi connectivity index (χ4n) is 2.78. The summed E-state index contributed by atoms with van der Waals surface area (Å²) < 4.78 is 28.8. The molecule has 0 unspecified atom stereocenters. The second kappa shape index (κ2) is 9.43. The Labute approximate surface area is 181 Å². The Balaban J connectivity index is 1.74. The van der Waals surface area contributed by atoms with E-state index in [4.69, 9.17) is 14.2 Å². The summed E-state index contributed by atoms with van der Waals surface area (Å²) in [6.07, 6.45) is 0. The highest BCUT2D eigenvalue weighted by molar-refractivity contribution is 7.17. The van der Waals surface area contributed by atoms with Crippen LogP contribution in [-0.4, -0.2) is 38.1 Å². The molecular formula is C21H20FN3O5S. The van der Waals surface area contributed by atoms with Crippen LogP contribution in [0.5, 0.6) is 17.2 Å². The number of hydrogen-bond acceptors (Lipinski definition) is 7. The molecule has 3 aromatic rings. The van der Waals surface area contributed by atoms with Crippen molar-refractivity contribution in [1.29, 1.82) is 0 Å². The summed E-state index contributed by atoms with van der Waals surface area (Å²) in [5, 5.41) is 0.568. The number of aromatic nitrogens is 1. The third-order valence-electron chi connectivity index (χ3n) is 4.31.